The van der Waals surface area contributed by atoms with E-state index in [9.17, 15) is 9.59 Å². The molecule has 3 aromatic rings. The number of amides is 2. The second-order valence-electron chi connectivity index (χ2n) is 7.07. The standard InChI is InChI=1S/C25H20ClN3O2S/c26-20-11-13-21(14-12-20)28-23(30)15-22-24(31)29(17-19-9-5-2-6-10-19)25(32-22)27-16-18-7-3-1-4-8-18/h1-15H,16-17H2,(H,28,30)/b22-15-,27-25?. The van der Waals surface area contributed by atoms with Crippen molar-refractivity contribution >= 4 is 46.0 Å². The van der Waals surface area contributed by atoms with Gasteiger partial charge >= 0.3 is 0 Å². The van der Waals surface area contributed by atoms with Gasteiger partial charge in [-0.3, -0.25) is 19.5 Å². The Morgan fingerprint density at radius 3 is 2.22 bits per heavy atom. The zero-order chi connectivity index (χ0) is 22.3. The van der Waals surface area contributed by atoms with Gasteiger partial charge < -0.3 is 5.32 Å². The predicted octanol–water partition coefficient (Wildman–Crippen LogP) is 5.49. The Bertz CT molecular complexity index is 1160. The maximum atomic E-state index is 13.1. The predicted molar refractivity (Wildman–Crippen MR) is 130 cm³/mol. The average Bonchev–Trinajstić information content (AvgIpc) is 3.09. The molecule has 1 aliphatic rings. The summed E-state index contributed by atoms with van der Waals surface area (Å²) in [6.45, 7) is 0.836. The SMILES string of the molecule is O=C(/C=C1\SC(=NCc2ccccc2)N(Cc2ccccc2)C1=O)Nc1ccc(Cl)cc1. The van der Waals surface area contributed by atoms with Gasteiger partial charge in [0.05, 0.1) is 18.0 Å². The number of carbonyl (C=O) groups is 2. The van der Waals surface area contributed by atoms with E-state index in [0.29, 0.717) is 33.9 Å². The maximum Gasteiger partial charge on any atom is 0.267 e. The first-order valence-electron chi connectivity index (χ1n) is 9.99. The molecular weight excluding hydrogens is 442 g/mol. The third-order valence-electron chi connectivity index (χ3n) is 4.69. The van der Waals surface area contributed by atoms with Gasteiger partial charge in [-0.05, 0) is 47.2 Å². The number of nitrogens with zero attached hydrogens (tertiary/aromatic N) is 2. The molecule has 160 valence electrons. The van der Waals surface area contributed by atoms with Crippen LogP contribution in [0.4, 0.5) is 5.69 Å². The lowest BCUT2D eigenvalue weighted by Gasteiger charge is -2.15. The van der Waals surface area contributed by atoms with E-state index in [-0.39, 0.29) is 11.8 Å². The second-order valence-corrected chi connectivity index (χ2v) is 8.51. The van der Waals surface area contributed by atoms with Gasteiger partial charge in [-0.2, -0.15) is 0 Å². The van der Waals surface area contributed by atoms with Crippen LogP contribution in [0.2, 0.25) is 5.02 Å². The molecule has 1 heterocycles. The Hall–Kier alpha value is -3.35. The molecule has 0 saturated carbocycles. The quantitative estimate of drug-likeness (QED) is 0.493. The fraction of sp³-hybridized carbons (Fsp3) is 0.0800. The second kappa shape index (κ2) is 10.3. The van der Waals surface area contributed by atoms with E-state index < -0.39 is 0 Å². The summed E-state index contributed by atoms with van der Waals surface area (Å²) < 4.78 is 0. The number of aliphatic imine (C=N–C) groups is 1. The van der Waals surface area contributed by atoms with Crippen molar-refractivity contribution in [2.75, 3.05) is 5.32 Å². The van der Waals surface area contributed by atoms with E-state index in [1.165, 1.54) is 17.8 Å². The summed E-state index contributed by atoms with van der Waals surface area (Å²) in [6.07, 6.45) is 1.32. The Labute approximate surface area is 195 Å². The molecule has 0 bridgehead atoms. The van der Waals surface area contributed by atoms with Gasteiger partial charge in [0.25, 0.3) is 5.91 Å². The fourth-order valence-electron chi connectivity index (χ4n) is 3.10. The summed E-state index contributed by atoms with van der Waals surface area (Å²) in [5.74, 6) is -0.621. The number of nitrogens with one attached hydrogen (secondary N) is 1. The number of carbonyl (C=O) groups excluding carboxylic acids is 2. The van der Waals surface area contributed by atoms with Gasteiger partial charge in [0.1, 0.15) is 0 Å². The van der Waals surface area contributed by atoms with Crippen LogP contribution in [-0.4, -0.2) is 21.9 Å². The summed E-state index contributed by atoms with van der Waals surface area (Å²) in [5.41, 5.74) is 2.64. The van der Waals surface area contributed by atoms with Crippen LogP contribution in [0.25, 0.3) is 0 Å². The topological polar surface area (TPSA) is 61.8 Å². The van der Waals surface area contributed by atoms with Crippen LogP contribution in [0.1, 0.15) is 11.1 Å². The Kier molecular flexibility index (Phi) is 7.04. The van der Waals surface area contributed by atoms with Crippen molar-refractivity contribution in [1.29, 1.82) is 0 Å². The molecular formula is C25H20ClN3O2S. The molecule has 1 saturated heterocycles. The van der Waals surface area contributed by atoms with Gasteiger partial charge in [-0.1, -0.05) is 72.3 Å². The minimum absolute atomic E-state index is 0.239. The first kappa shape index (κ1) is 21.9. The number of rotatable bonds is 6. The molecule has 4 rings (SSSR count). The minimum atomic E-state index is -0.382. The first-order valence-corrected chi connectivity index (χ1v) is 11.2. The van der Waals surface area contributed by atoms with Crippen LogP contribution in [-0.2, 0) is 22.7 Å². The van der Waals surface area contributed by atoms with Crippen molar-refractivity contribution in [3.05, 3.63) is 112 Å². The summed E-state index contributed by atoms with van der Waals surface area (Å²) in [4.78, 5) is 32.2. The van der Waals surface area contributed by atoms with Crippen molar-refractivity contribution in [1.82, 2.24) is 4.90 Å². The molecule has 0 aromatic heterocycles. The minimum Gasteiger partial charge on any atom is -0.322 e. The molecule has 1 fully saturated rings. The van der Waals surface area contributed by atoms with Gasteiger partial charge in [0.2, 0.25) is 5.91 Å². The van der Waals surface area contributed by atoms with Gasteiger partial charge in [0.15, 0.2) is 5.17 Å². The van der Waals surface area contributed by atoms with E-state index in [4.69, 9.17) is 11.6 Å². The number of benzene rings is 3. The zero-order valence-electron chi connectivity index (χ0n) is 17.1. The first-order chi connectivity index (χ1) is 15.6. The fourth-order valence-corrected chi connectivity index (χ4v) is 4.18. The molecule has 0 spiro atoms. The van der Waals surface area contributed by atoms with Crippen LogP contribution >= 0.6 is 23.4 Å². The Balaban J connectivity index is 1.55. The third kappa shape index (κ3) is 5.66. The van der Waals surface area contributed by atoms with E-state index in [2.05, 4.69) is 10.3 Å². The highest BCUT2D eigenvalue weighted by Crippen LogP contribution is 2.32. The van der Waals surface area contributed by atoms with Crippen molar-refractivity contribution in [2.45, 2.75) is 13.1 Å². The molecule has 3 aromatic carbocycles. The normalized spacial score (nSPS) is 16.0. The molecule has 0 aliphatic carbocycles. The van der Waals surface area contributed by atoms with E-state index in [1.807, 2.05) is 60.7 Å². The van der Waals surface area contributed by atoms with Gasteiger partial charge in [-0.15, -0.1) is 0 Å². The number of amidine groups is 1. The summed E-state index contributed by atoms with van der Waals surface area (Å²) in [7, 11) is 0. The molecule has 0 radical (unpaired) electrons. The number of thioether (sulfide) groups is 1. The van der Waals surface area contributed by atoms with Crippen LogP contribution in [0, 0.1) is 0 Å². The maximum absolute atomic E-state index is 13.1. The highest BCUT2D eigenvalue weighted by molar-refractivity contribution is 8.18. The van der Waals surface area contributed by atoms with Crippen molar-refractivity contribution in [3.63, 3.8) is 0 Å². The Morgan fingerprint density at radius 1 is 0.938 bits per heavy atom. The molecule has 32 heavy (non-hydrogen) atoms. The smallest absolute Gasteiger partial charge is 0.267 e. The molecule has 2 amide bonds. The lowest BCUT2D eigenvalue weighted by atomic mass is 10.2. The lowest BCUT2D eigenvalue weighted by molar-refractivity contribution is -0.123. The van der Waals surface area contributed by atoms with Gasteiger partial charge in [0, 0.05) is 16.8 Å². The molecule has 5 nitrogen and oxygen atoms in total. The van der Waals surface area contributed by atoms with Crippen molar-refractivity contribution < 1.29 is 9.59 Å². The van der Waals surface area contributed by atoms with Crippen LogP contribution in [0.5, 0.6) is 0 Å². The van der Waals surface area contributed by atoms with Crippen LogP contribution in [0.3, 0.4) is 0 Å². The highest BCUT2D eigenvalue weighted by atomic mass is 35.5. The number of anilines is 1. The van der Waals surface area contributed by atoms with Crippen molar-refractivity contribution in [3.8, 4) is 0 Å². The summed E-state index contributed by atoms with van der Waals surface area (Å²) in [6, 6.07) is 26.3. The molecule has 0 unspecified atom stereocenters. The van der Waals surface area contributed by atoms with E-state index >= 15 is 0 Å². The van der Waals surface area contributed by atoms with Crippen LogP contribution in [0.15, 0.2) is 101 Å². The Morgan fingerprint density at radius 2 is 1.56 bits per heavy atom. The average molecular weight is 462 g/mol. The number of hydrogen-bond donors (Lipinski definition) is 1. The highest BCUT2D eigenvalue weighted by Gasteiger charge is 2.33. The molecule has 7 heteroatoms. The van der Waals surface area contributed by atoms with Crippen LogP contribution < -0.4 is 5.32 Å². The number of hydrogen-bond acceptors (Lipinski definition) is 4. The monoisotopic (exact) mass is 461 g/mol. The summed E-state index contributed by atoms with van der Waals surface area (Å²) >= 11 is 7.10. The number of halogens is 1. The third-order valence-corrected chi connectivity index (χ3v) is 5.98. The van der Waals surface area contributed by atoms with Gasteiger partial charge in [-0.25, -0.2) is 0 Å². The molecule has 1 N–H and O–H groups in total. The van der Waals surface area contributed by atoms with E-state index in [0.717, 1.165) is 11.1 Å². The lowest BCUT2D eigenvalue weighted by Crippen LogP contribution is -2.29. The zero-order valence-corrected chi connectivity index (χ0v) is 18.6. The van der Waals surface area contributed by atoms with Crippen molar-refractivity contribution in [2.24, 2.45) is 4.99 Å². The van der Waals surface area contributed by atoms with E-state index in [1.54, 1.807) is 29.2 Å². The molecule has 1 aliphatic heterocycles. The summed E-state index contributed by atoms with van der Waals surface area (Å²) in [5, 5.41) is 3.92. The molecule has 0 atom stereocenters. The largest absolute Gasteiger partial charge is 0.322 e.